The second-order valence-corrected chi connectivity index (χ2v) is 6.23. The van der Waals surface area contributed by atoms with E-state index in [-0.39, 0.29) is 11.5 Å². The van der Waals surface area contributed by atoms with Gasteiger partial charge in [-0.3, -0.25) is 9.59 Å². The van der Waals surface area contributed by atoms with Crippen molar-refractivity contribution in [3.63, 3.8) is 0 Å². The van der Waals surface area contributed by atoms with Crippen LogP contribution < -0.4 is 10.9 Å². The molecular formula is C16H22N4O3. The quantitative estimate of drug-likeness (QED) is 0.908. The molecule has 23 heavy (non-hydrogen) atoms. The predicted octanol–water partition coefficient (Wildman–Crippen LogP) is 1.84. The maximum absolute atomic E-state index is 12.3. The minimum atomic E-state index is -0.265. The van der Waals surface area contributed by atoms with Crippen LogP contribution in [0, 0.1) is 13.8 Å². The number of amides is 1. The summed E-state index contributed by atoms with van der Waals surface area (Å²) in [4.78, 5) is 24.2. The molecule has 2 aromatic heterocycles. The molecule has 0 aromatic carbocycles. The van der Waals surface area contributed by atoms with E-state index in [0.29, 0.717) is 47.8 Å². The highest BCUT2D eigenvalue weighted by Gasteiger charge is 2.17. The number of hydrogen-bond donors (Lipinski definition) is 1. The van der Waals surface area contributed by atoms with Crippen molar-refractivity contribution in [2.75, 3.05) is 0 Å². The lowest BCUT2D eigenvalue weighted by Gasteiger charge is -2.12. The Labute approximate surface area is 134 Å². The Hall–Kier alpha value is -2.18. The van der Waals surface area contributed by atoms with Gasteiger partial charge in [-0.25, -0.2) is 4.68 Å². The van der Waals surface area contributed by atoms with Crippen molar-refractivity contribution in [2.45, 2.75) is 65.0 Å². The lowest BCUT2D eigenvalue weighted by molar-refractivity contribution is -0.121. The minimum Gasteiger partial charge on any atom is -0.360 e. The zero-order valence-electron chi connectivity index (χ0n) is 13.6. The number of carbonyl (C=O) groups is 1. The molecule has 1 aliphatic rings. The first-order chi connectivity index (χ1) is 11.1. The van der Waals surface area contributed by atoms with Crippen LogP contribution >= 0.6 is 0 Å². The molecule has 7 nitrogen and oxygen atoms in total. The van der Waals surface area contributed by atoms with E-state index in [4.69, 9.17) is 4.52 Å². The first-order valence-corrected chi connectivity index (χ1v) is 8.19. The SMILES string of the molecule is Cc1nn(CCCC(=O)NC2CCCC2)c(=O)c2noc(C)c12. The van der Waals surface area contributed by atoms with Crippen LogP contribution in [0.4, 0.5) is 0 Å². The molecule has 2 aromatic rings. The Balaban J connectivity index is 1.62. The van der Waals surface area contributed by atoms with Gasteiger partial charge in [-0.15, -0.1) is 0 Å². The van der Waals surface area contributed by atoms with Crippen molar-refractivity contribution in [3.8, 4) is 0 Å². The molecule has 0 saturated heterocycles. The third-order valence-electron chi connectivity index (χ3n) is 4.43. The smallest absolute Gasteiger partial charge is 0.296 e. The number of aryl methyl sites for hydroxylation is 3. The Kier molecular flexibility index (Phi) is 4.45. The van der Waals surface area contributed by atoms with E-state index in [1.807, 2.05) is 6.92 Å². The number of carbonyl (C=O) groups excluding carboxylic acids is 1. The summed E-state index contributed by atoms with van der Waals surface area (Å²) in [5.41, 5.74) is 0.762. The standard InChI is InChI=1S/C16H22N4O3/c1-10-14-11(2)23-19-15(14)16(22)20(18-10)9-5-8-13(21)17-12-6-3-4-7-12/h12H,3-9H2,1-2H3,(H,17,21). The molecule has 124 valence electrons. The van der Waals surface area contributed by atoms with Crippen molar-refractivity contribution < 1.29 is 9.32 Å². The van der Waals surface area contributed by atoms with Gasteiger partial charge in [0.15, 0.2) is 5.52 Å². The van der Waals surface area contributed by atoms with Crippen molar-refractivity contribution in [1.82, 2.24) is 20.3 Å². The van der Waals surface area contributed by atoms with E-state index in [1.54, 1.807) is 6.92 Å². The summed E-state index contributed by atoms with van der Waals surface area (Å²) in [6.45, 7) is 4.00. The number of nitrogens with zero attached hydrogens (tertiary/aromatic N) is 3. The van der Waals surface area contributed by atoms with Crippen molar-refractivity contribution >= 4 is 16.8 Å². The Morgan fingerprint density at radius 3 is 2.83 bits per heavy atom. The van der Waals surface area contributed by atoms with Gasteiger partial charge in [0.1, 0.15) is 5.76 Å². The van der Waals surface area contributed by atoms with Gasteiger partial charge in [0.2, 0.25) is 5.91 Å². The van der Waals surface area contributed by atoms with Crippen LogP contribution in [0.25, 0.3) is 10.9 Å². The van der Waals surface area contributed by atoms with Crippen LogP contribution in [0.2, 0.25) is 0 Å². The fourth-order valence-corrected chi connectivity index (χ4v) is 3.25. The topological polar surface area (TPSA) is 90.0 Å². The summed E-state index contributed by atoms with van der Waals surface area (Å²) in [7, 11) is 0. The van der Waals surface area contributed by atoms with E-state index in [9.17, 15) is 9.59 Å². The second kappa shape index (κ2) is 6.52. The molecule has 0 atom stereocenters. The molecule has 1 saturated carbocycles. The highest BCUT2D eigenvalue weighted by atomic mass is 16.5. The van der Waals surface area contributed by atoms with Gasteiger partial charge in [-0.2, -0.15) is 5.10 Å². The van der Waals surface area contributed by atoms with Gasteiger partial charge in [0.05, 0.1) is 11.1 Å². The average molecular weight is 318 g/mol. The van der Waals surface area contributed by atoms with E-state index in [0.717, 1.165) is 12.8 Å². The molecule has 0 spiro atoms. The van der Waals surface area contributed by atoms with Crippen LogP contribution in [-0.2, 0) is 11.3 Å². The van der Waals surface area contributed by atoms with Gasteiger partial charge < -0.3 is 9.84 Å². The fourth-order valence-electron chi connectivity index (χ4n) is 3.25. The molecule has 0 bridgehead atoms. The third kappa shape index (κ3) is 3.28. The molecule has 1 aliphatic carbocycles. The summed E-state index contributed by atoms with van der Waals surface area (Å²) in [6, 6.07) is 0.333. The van der Waals surface area contributed by atoms with Crippen molar-refractivity contribution in [3.05, 3.63) is 21.8 Å². The largest absolute Gasteiger partial charge is 0.360 e. The number of fused-ring (bicyclic) bond motifs is 1. The summed E-state index contributed by atoms with van der Waals surface area (Å²) in [5.74, 6) is 0.658. The van der Waals surface area contributed by atoms with E-state index < -0.39 is 0 Å². The van der Waals surface area contributed by atoms with Gasteiger partial charge in [-0.05, 0) is 33.1 Å². The first kappa shape index (κ1) is 15.7. The zero-order chi connectivity index (χ0) is 16.4. The first-order valence-electron chi connectivity index (χ1n) is 8.19. The van der Waals surface area contributed by atoms with Crippen LogP contribution in [0.15, 0.2) is 9.32 Å². The van der Waals surface area contributed by atoms with E-state index in [1.165, 1.54) is 17.5 Å². The summed E-state index contributed by atoms with van der Waals surface area (Å²) >= 11 is 0. The summed E-state index contributed by atoms with van der Waals surface area (Å²) < 4.78 is 6.46. The lowest BCUT2D eigenvalue weighted by atomic mass is 10.2. The number of aromatic nitrogens is 3. The van der Waals surface area contributed by atoms with Crippen LogP contribution in [0.5, 0.6) is 0 Å². The monoisotopic (exact) mass is 318 g/mol. The van der Waals surface area contributed by atoms with Crippen LogP contribution in [0.1, 0.15) is 50.0 Å². The maximum Gasteiger partial charge on any atom is 0.296 e. The molecule has 1 fully saturated rings. The lowest BCUT2D eigenvalue weighted by Crippen LogP contribution is -2.33. The van der Waals surface area contributed by atoms with Gasteiger partial charge in [-0.1, -0.05) is 18.0 Å². The molecule has 0 unspecified atom stereocenters. The normalized spacial score (nSPS) is 15.4. The van der Waals surface area contributed by atoms with Crippen molar-refractivity contribution in [2.24, 2.45) is 0 Å². The van der Waals surface area contributed by atoms with Gasteiger partial charge in [0, 0.05) is 19.0 Å². The Bertz CT molecular complexity index is 771. The average Bonchev–Trinajstić information content (AvgIpc) is 3.14. The molecule has 7 heteroatoms. The van der Waals surface area contributed by atoms with Crippen LogP contribution in [0.3, 0.4) is 0 Å². The minimum absolute atomic E-state index is 0.0556. The van der Waals surface area contributed by atoms with E-state index >= 15 is 0 Å². The third-order valence-corrected chi connectivity index (χ3v) is 4.43. The molecule has 3 rings (SSSR count). The Morgan fingerprint density at radius 2 is 2.09 bits per heavy atom. The second-order valence-electron chi connectivity index (χ2n) is 6.23. The van der Waals surface area contributed by atoms with E-state index in [2.05, 4.69) is 15.6 Å². The number of nitrogens with one attached hydrogen (secondary N) is 1. The van der Waals surface area contributed by atoms with Gasteiger partial charge >= 0.3 is 0 Å². The zero-order valence-corrected chi connectivity index (χ0v) is 13.6. The summed E-state index contributed by atoms with van der Waals surface area (Å²) in [5, 5.41) is 11.9. The fraction of sp³-hybridized carbons (Fsp3) is 0.625. The number of hydrogen-bond acceptors (Lipinski definition) is 5. The number of rotatable bonds is 5. The maximum atomic E-state index is 12.3. The summed E-state index contributed by atoms with van der Waals surface area (Å²) in [6.07, 6.45) is 5.52. The molecule has 2 heterocycles. The molecule has 1 amide bonds. The van der Waals surface area contributed by atoms with Crippen molar-refractivity contribution in [1.29, 1.82) is 0 Å². The highest BCUT2D eigenvalue weighted by Crippen LogP contribution is 2.18. The van der Waals surface area contributed by atoms with Crippen LogP contribution in [-0.4, -0.2) is 26.9 Å². The molecular weight excluding hydrogens is 296 g/mol. The van der Waals surface area contributed by atoms with Gasteiger partial charge in [0.25, 0.3) is 5.56 Å². The molecule has 0 radical (unpaired) electrons. The predicted molar refractivity (Wildman–Crippen MR) is 85.2 cm³/mol. The highest BCUT2D eigenvalue weighted by molar-refractivity contribution is 5.81. The Morgan fingerprint density at radius 1 is 1.35 bits per heavy atom. The molecule has 1 N–H and O–H groups in total. The molecule has 0 aliphatic heterocycles.